The zero-order valence-corrected chi connectivity index (χ0v) is 16.5. The van der Waals surface area contributed by atoms with E-state index in [-0.39, 0.29) is 0 Å². The van der Waals surface area contributed by atoms with Crippen LogP contribution in [-0.4, -0.2) is 51.9 Å². The zero-order valence-electron chi connectivity index (χ0n) is 15.7. The van der Waals surface area contributed by atoms with Crippen LogP contribution in [0.4, 0.5) is 0 Å². The van der Waals surface area contributed by atoms with E-state index in [1.807, 2.05) is 10.9 Å². The Balaban J connectivity index is 1.56. The maximum absolute atomic E-state index is 5.12. The van der Waals surface area contributed by atoms with E-state index < -0.39 is 0 Å². The lowest BCUT2D eigenvalue weighted by atomic mass is 10.1. The molecule has 9 heteroatoms. The quantitative estimate of drug-likeness (QED) is 0.558. The lowest BCUT2D eigenvalue weighted by molar-refractivity contribution is 0.177. The highest BCUT2D eigenvalue weighted by atomic mass is 32.1. The highest BCUT2D eigenvalue weighted by molar-refractivity contribution is 7.11. The van der Waals surface area contributed by atoms with Crippen LogP contribution >= 0.6 is 11.3 Å². The molecule has 3 rings (SSSR count). The first kappa shape index (κ1) is 18.8. The first-order valence-corrected chi connectivity index (χ1v) is 9.87. The van der Waals surface area contributed by atoms with Crippen molar-refractivity contribution in [1.29, 1.82) is 0 Å². The van der Waals surface area contributed by atoms with Gasteiger partial charge in [0.15, 0.2) is 11.8 Å². The van der Waals surface area contributed by atoms with E-state index in [9.17, 15) is 0 Å². The number of hydrogen-bond donors (Lipinski definition) is 2. The van der Waals surface area contributed by atoms with Crippen LogP contribution in [0.5, 0.6) is 0 Å². The Morgan fingerprint density at radius 1 is 1.50 bits per heavy atom. The van der Waals surface area contributed by atoms with Crippen molar-refractivity contribution in [2.45, 2.75) is 52.3 Å². The molecule has 2 aromatic rings. The molecule has 0 radical (unpaired) electrons. The molecule has 0 aromatic carbocycles. The standard InChI is InChI=1S/C17H27N7OS/c1-4-18-17(19-8-7-16-20-9-12(2)26-16)21-13-5-6-15-22-14(11-25-3)23-24(15)10-13/h9,13H,4-8,10-11H2,1-3H3,(H2,18,19,21). The fourth-order valence-corrected chi connectivity index (χ4v) is 3.74. The number of rotatable bonds is 7. The molecule has 2 N–H and O–H groups in total. The number of fused-ring (bicyclic) bond motifs is 1. The van der Waals surface area contributed by atoms with Gasteiger partial charge in [-0.3, -0.25) is 4.99 Å². The van der Waals surface area contributed by atoms with Crippen LogP contribution in [0, 0.1) is 6.92 Å². The summed E-state index contributed by atoms with van der Waals surface area (Å²) in [5.41, 5.74) is 0. The number of hydrogen-bond acceptors (Lipinski definition) is 6. The third kappa shape index (κ3) is 5.01. The van der Waals surface area contributed by atoms with Crippen LogP contribution in [0.25, 0.3) is 0 Å². The average molecular weight is 378 g/mol. The number of aliphatic imine (C=N–C) groups is 1. The molecule has 1 atom stereocenters. The third-order valence-electron chi connectivity index (χ3n) is 4.13. The maximum Gasteiger partial charge on any atom is 0.191 e. The molecule has 0 fully saturated rings. The fourth-order valence-electron chi connectivity index (χ4n) is 2.96. The lowest BCUT2D eigenvalue weighted by Crippen LogP contribution is -2.47. The zero-order chi connectivity index (χ0) is 18.4. The Labute approximate surface area is 158 Å². The van der Waals surface area contributed by atoms with Gasteiger partial charge in [-0.25, -0.2) is 14.6 Å². The van der Waals surface area contributed by atoms with Gasteiger partial charge in [-0.2, -0.15) is 5.10 Å². The molecule has 0 saturated heterocycles. The molecule has 0 bridgehead atoms. The number of nitrogens with one attached hydrogen (secondary N) is 2. The van der Waals surface area contributed by atoms with E-state index in [0.29, 0.717) is 12.6 Å². The molecule has 8 nitrogen and oxygen atoms in total. The van der Waals surface area contributed by atoms with E-state index in [4.69, 9.17) is 9.73 Å². The molecule has 0 aliphatic carbocycles. The van der Waals surface area contributed by atoms with Crippen LogP contribution < -0.4 is 10.6 Å². The second kappa shape index (κ2) is 9.09. The van der Waals surface area contributed by atoms with Gasteiger partial charge in [0.1, 0.15) is 12.4 Å². The minimum atomic E-state index is 0.291. The normalized spacial score (nSPS) is 17.2. The number of ether oxygens (including phenoxy) is 1. The summed E-state index contributed by atoms with van der Waals surface area (Å²) < 4.78 is 7.11. The van der Waals surface area contributed by atoms with Crippen molar-refractivity contribution < 1.29 is 4.74 Å². The number of thiazole rings is 1. The smallest absolute Gasteiger partial charge is 0.191 e. The van der Waals surface area contributed by atoms with E-state index in [0.717, 1.165) is 61.5 Å². The fraction of sp³-hybridized carbons (Fsp3) is 0.647. The summed E-state index contributed by atoms with van der Waals surface area (Å²) >= 11 is 1.74. The predicted molar refractivity (Wildman–Crippen MR) is 103 cm³/mol. The second-order valence-electron chi connectivity index (χ2n) is 6.31. The number of aromatic nitrogens is 4. The Bertz CT molecular complexity index is 739. The Morgan fingerprint density at radius 2 is 2.38 bits per heavy atom. The Kier molecular flexibility index (Phi) is 6.56. The van der Waals surface area contributed by atoms with Crippen molar-refractivity contribution in [3.05, 3.63) is 27.7 Å². The molecular formula is C17H27N7OS. The maximum atomic E-state index is 5.12. The number of methoxy groups -OCH3 is 1. The molecule has 1 aliphatic heterocycles. The molecule has 142 valence electrons. The van der Waals surface area contributed by atoms with Crippen LogP contribution in [0.1, 0.15) is 34.9 Å². The van der Waals surface area contributed by atoms with Gasteiger partial charge in [-0.05, 0) is 20.3 Å². The highest BCUT2D eigenvalue weighted by Gasteiger charge is 2.22. The molecule has 2 aromatic heterocycles. The molecule has 1 unspecified atom stereocenters. The SMILES string of the molecule is CCNC(=NCCc1ncc(C)s1)NC1CCc2nc(COC)nn2C1. The van der Waals surface area contributed by atoms with E-state index in [2.05, 4.69) is 39.5 Å². The van der Waals surface area contributed by atoms with Crippen LogP contribution in [-0.2, 0) is 30.7 Å². The van der Waals surface area contributed by atoms with Gasteiger partial charge in [0.2, 0.25) is 0 Å². The first-order valence-electron chi connectivity index (χ1n) is 9.05. The second-order valence-corrected chi connectivity index (χ2v) is 7.63. The van der Waals surface area contributed by atoms with E-state index in [1.54, 1.807) is 18.4 Å². The number of guanidine groups is 1. The molecule has 26 heavy (non-hydrogen) atoms. The summed E-state index contributed by atoms with van der Waals surface area (Å²) in [7, 11) is 1.66. The van der Waals surface area contributed by atoms with Crippen molar-refractivity contribution in [3.8, 4) is 0 Å². The molecule has 0 saturated carbocycles. The van der Waals surface area contributed by atoms with Crippen molar-refractivity contribution in [2.75, 3.05) is 20.2 Å². The Morgan fingerprint density at radius 3 is 3.12 bits per heavy atom. The summed E-state index contributed by atoms with van der Waals surface area (Å²) in [4.78, 5) is 14.9. The molecule has 0 spiro atoms. The van der Waals surface area contributed by atoms with E-state index >= 15 is 0 Å². The monoisotopic (exact) mass is 377 g/mol. The van der Waals surface area contributed by atoms with Crippen LogP contribution in [0.15, 0.2) is 11.2 Å². The lowest BCUT2D eigenvalue weighted by Gasteiger charge is -2.25. The molecule has 1 aliphatic rings. The minimum Gasteiger partial charge on any atom is -0.377 e. The van der Waals surface area contributed by atoms with Crippen LogP contribution in [0.3, 0.4) is 0 Å². The van der Waals surface area contributed by atoms with Gasteiger partial charge < -0.3 is 15.4 Å². The van der Waals surface area contributed by atoms with Gasteiger partial charge in [0.05, 0.1) is 11.6 Å². The molecule has 3 heterocycles. The summed E-state index contributed by atoms with van der Waals surface area (Å²) in [5.74, 6) is 2.64. The van der Waals surface area contributed by atoms with Gasteiger partial charge in [-0.1, -0.05) is 0 Å². The van der Waals surface area contributed by atoms with Crippen LogP contribution in [0.2, 0.25) is 0 Å². The highest BCUT2D eigenvalue weighted by Crippen LogP contribution is 2.14. The van der Waals surface area contributed by atoms with Gasteiger partial charge in [0, 0.05) is 50.2 Å². The summed E-state index contributed by atoms with van der Waals surface area (Å²) in [6.07, 6.45) is 4.71. The summed E-state index contributed by atoms with van der Waals surface area (Å²) in [6, 6.07) is 0.291. The molecular weight excluding hydrogens is 350 g/mol. The number of nitrogens with zero attached hydrogens (tertiary/aromatic N) is 5. The third-order valence-corrected chi connectivity index (χ3v) is 5.10. The summed E-state index contributed by atoms with van der Waals surface area (Å²) in [5, 5.41) is 12.5. The first-order chi connectivity index (χ1) is 12.7. The predicted octanol–water partition coefficient (Wildman–Crippen LogP) is 1.30. The van der Waals surface area contributed by atoms with Crippen molar-refractivity contribution in [3.63, 3.8) is 0 Å². The molecule has 0 amide bonds. The Hall–Kier alpha value is -2.00. The van der Waals surface area contributed by atoms with E-state index in [1.165, 1.54) is 4.88 Å². The number of aryl methyl sites for hydroxylation is 2. The van der Waals surface area contributed by atoms with Crippen molar-refractivity contribution >= 4 is 17.3 Å². The van der Waals surface area contributed by atoms with Crippen molar-refractivity contribution in [1.82, 2.24) is 30.4 Å². The largest absolute Gasteiger partial charge is 0.377 e. The van der Waals surface area contributed by atoms with Crippen molar-refractivity contribution in [2.24, 2.45) is 4.99 Å². The van der Waals surface area contributed by atoms with Gasteiger partial charge in [-0.15, -0.1) is 11.3 Å². The average Bonchev–Trinajstić information content (AvgIpc) is 3.20. The minimum absolute atomic E-state index is 0.291. The van der Waals surface area contributed by atoms with Gasteiger partial charge >= 0.3 is 0 Å². The van der Waals surface area contributed by atoms with Gasteiger partial charge in [0.25, 0.3) is 0 Å². The summed E-state index contributed by atoms with van der Waals surface area (Å²) in [6.45, 7) is 6.97. The topological polar surface area (TPSA) is 89.2 Å².